The lowest BCUT2D eigenvalue weighted by atomic mass is 9.47. The number of rotatable bonds is 9. The number of furan rings is 1. The van der Waals surface area contributed by atoms with Crippen LogP contribution in [0.5, 0.6) is 0 Å². The molecule has 4 rings (SSSR count). The second kappa shape index (κ2) is 9.24. The van der Waals surface area contributed by atoms with Crippen molar-refractivity contribution in [1.29, 1.82) is 0 Å². The first-order valence-corrected chi connectivity index (χ1v) is 11.9. The van der Waals surface area contributed by atoms with E-state index in [9.17, 15) is 9.59 Å². The molecule has 2 aliphatic carbocycles. The molecule has 3 aliphatic rings. The summed E-state index contributed by atoms with van der Waals surface area (Å²) in [4.78, 5) is 26.0. The average Bonchev–Trinajstić information content (AvgIpc) is 3.48. The summed E-state index contributed by atoms with van der Waals surface area (Å²) in [5.41, 5.74) is 0.142. The molecule has 6 nitrogen and oxygen atoms in total. The molecule has 32 heavy (non-hydrogen) atoms. The van der Waals surface area contributed by atoms with Crippen molar-refractivity contribution in [1.82, 2.24) is 0 Å². The minimum atomic E-state index is -0.576. The molecule has 2 heterocycles. The van der Waals surface area contributed by atoms with E-state index >= 15 is 0 Å². The third kappa shape index (κ3) is 4.02. The number of carbonyl (C=O) groups is 2. The first-order valence-electron chi connectivity index (χ1n) is 11.9. The summed E-state index contributed by atoms with van der Waals surface area (Å²) < 4.78 is 23.4. The van der Waals surface area contributed by atoms with Gasteiger partial charge in [0.15, 0.2) is 11.6 Å². The standard InChI is InChI=1S/C26H36O6/c1-4-6-21(19-10-14-29-17-19)30-18-20(27)8-12-24(2)22-7-5-11-26(31-15-16-32-26)25(22,3)13-9-23(24)28/h4,10,14,17,21-22H,1,5-9,11-13,15-16,18H2,2-3H3/t21-,22+,24+,25+/m0/s1. The minimum absolute atomic E-state index is 0.0164. The van der Waals surface area contributed by atoms with Gasteiger partial charge in [-0.05, 0) is 44.1 Å². The molecule has 4 atom stereocenters. The summed E-state index contributed by atoms with van der Waals surface area (Å²) in [6.45, 7) is 9.33. The fraction of sp³-hybridized carbons (Fsp3) is 0.692. The Hall–Kier alpha value is -1.76. The number of carbonyl (C=O) groups excluding carboxylic acids is 2. The van der Waals surface area contributed by atoms with Gasteiger partial charge in [-0.25, -0.2) is 0 Å². The van der Waals surface area contributed by atoms with Gasteiger partial charge in [-0.15, -0.1) is 6.58 Å². The maximum absolute atomic E-state index is 13.2. The van der Waals surface area contributed by atoms with E-state index < -0.39 is 11.2 Å². The number of ketones is 2. The second-order valence-electron chi connectivity index (χ2n) is 10.1. The lowest BCUT2D eigenvalue weighted by molar-refractivity contribution is -0.286. The minimum Gasteiger partial charge on any atom is -0.472 e. The Balaban J connectivity index is 1.41. The third-order valence-corrected chi connectivity index (χ3v) is 8.33. The molecular formula is C26H36O6. The second-order valence-corrected chi connectivity index (χ2v) is 10.1. The summed E-state index contributed by atoms with van der Waals surface area (Å²) in [5.74, 6) is -0.140. The van der Waals surface area contributed by atoms with Crippen molar-refractivity contribution >= 4 is 11.6 Å². The van der Waals surface area contributed by atoms with Gasteiger partial charge in [-0.3, -0.25) is 9.59 Å². The van der Waals surface area contributed by atoms with E-state index in [1.807, 2.05) is 6.07 Å². The van der Waals surface area contributed by atoms with Crippen LogP contribution < -0.4 is 0 Å². The highest BCUT2D eigenvalue weighted by atomic mass is 16.7. The molecule has 1 spiro atoms. The summed E-state index contributed by atoms with van der Waals surface area (Å²) >= 11 is 0. The quantitative estimate of drug-likeness (QED) is 0.489. The van der Waals surface area contributed by atoms with Crippen LogP contribution in [0.4, 0.5) is 0 Å². The Labute approximate surface area is 190 Å². The van der Waals surface area contributed by atoms with E-state index in [1.165, 1.54) is 0 Å². The smallest absolute Gasteiger partial charge is 0.174 e. The fourth-order valence-electron chi connectivity index (χ4n) is 6.47. The molecule has 2 saturated carbocycles. The van der Waals surface area contributed by atoms with Crippen LogP contribution >= 0.6 is 0 Å². The fourth-order valence-corrected chi connectivity index (χ4v) is 6.47. The Morgan fingerprint density at radius 1 is 1.31 bits per heavy atom. The predicted octanol–water partition coefficient (Wildman–Crippen LogP) is 5.18. The largest absolute Gasteiger partial charge is 0.472 e. The Kier molecular flexibility index (Phi) is 6.76. The van der Waals surface area contributed by atoms with Gasteiger partial charge in [0, 0.05) is 35.7 Å². The number of fused-ring (bicyclic) bond motifs is 2. The van der Waals surface area contributed by atoms with Crippen LogP contribution in [0.1, 0.15) is 76.9 Å². The van der Waals surface area contributed by atoms with Crippen molar-refractivity contribution in [3.05, 3.63) is 36.8 Å². The Morgan fingerprint density at radius 3 is 2.78 bits per heavy atom. The molecule has 6 heteroatoms. The molecule has 0 unspecified atom stereocenters. The number of ether oxygens (including phenoxy) is 3. The van der Waals surface area contributed by atoms with Crippen LogP contribution in [0.15, 0.2) is 35.7 Å². The van der Waals surface area contributed by atoms with Crippen molar-refractivity contribution < 1.29 is 28.2 Å². The Bertz CT molecular complexity index is 823. The van der Waals surface area contributed by atoms with E-state index in [0.29, 0.717) is 38.9 Å². The monoisotopic (exact) mass is 444 g/mol. The first-order chi connectivity index (χ1) is 15.3. The molecule has 0 amide bonds. The van der Waals surface area contributed by atoms with Crippen LogP contribution in [0.3, 0.4) is 0 Å². The normalized spacial score (nSPS) is 32.6. The van der Waals surface area contributed by atoms with E-state index in [0.717, 1.165) is 31.2 Å². The highest BCUT2D eigenvalue weighted by Crippen LogP contribution is 2.63. The lowest BCUT2D eigenvalue weighted by Crippen LogP contribution is -2.62. The average molecular weight is 445 g/mol. The molecular weight excluding hydrogens is 408 g/mol. The number of hydrogen-bond acceptors (Lipinski definition) is 6. The maximum atomic E-state index is 13.2. The summed E-state index contributed by atoms with van der Waals surface area (Å²) in [6.07, 6.45) is 10.4. The molecule has 1 aliphatic heterocycles. The van der Waals surface area contributed by atoms with Gasteiger partial charge < -0.3 is 18.6 Å². The molecule has 0 radical (unpaired) electrons. The summed E-state index contributed by atoms with van der Waals surface area (Å²) in [6, 6.07) is 1.84. The van der Waals surface area contributed by atoms with Crippen LogP contribution in [0.2, 0.25) is 0 Å². The molecule has 0 aromatic carbocycles. The van der Waals surface area contributed by atoms with Crippen molar-refractivity contribution in [3.8, 4) is 0 Å². The van der Waals surface area contributed by atoms with Crippen molar-refractivity contribution in [2.45, 2.75) is 77.1 Å². The van der Waals surface area contributed by atoms with Crippen LogP contribution in [-0.2, 0) is 23.8 Å². The van der Waals surface area contributed by atoms with Gasteiger partial charge in [0.25, 0.3) is 0 Å². The zero-order chi connectivity index (χ0) is 22.8. The zero-order valence-electron chi connectivity index (χ0n) is 19.4. The highest BCUT2D eigenvalue weighted by Gasteiger charge is 2.65. The maximum Gasteiger partial charge on any atom is 0.174 e. The van der Waals surface area contributed by atoms with Crippen LogP contribution in [-0.4, -0.2) is 37.2 Å². The molecule has 0 bridgehead atoms. The number of Topliss-reactive ketones (excluding diaryl/α,β-unsaturated/α-hetero) is 2. The van der Waals surface area contributed by atoms with Crippen LogP contribution in [0, 0.1) is 16.7 Å². The first kappa shape index (κ1) is 23.4. The number of hydrogen-bond donors (Lipinski definition) is 0. The molecule has 1 aromatic heterocycles. The highest BCUT2D eigenvalue weighted by molar-refractivity contribution is 5.87. The third-order valence-electron chi connectivity index (χ3n) is 8.33. The predicted molar refractivity (Wildman–Crippen MR) is 119 cm³/mol. The van der Waals surface area contributed by atoms with Gasteiger partial charge in [0.2, 0.25) is 0 Å². The van der Waals surface area contributed by atoms with Gasteiger partial charge in [-0.1, -0.05) is 19.9 Å². The summed E-state index contributed by atoms with van der Waals surface area (Å²) in [5, 5.41) is 0. The van der Waals surface area contributed by atoms with E-state index in [2.05, 4.69) is 20.4 Å². The van der Waals surface area contributed by atoms with Gasteiger partial charge in [0.05, 0.1) is 31.8 Å². The van der Waals surface area contributed by atoms with E-state index in [1.54, 1.807) is 18.6 Å². The summed E-state index contributed by atoms with van der Waals surface area (Å²) in [7, 11) is 0. The van der Waals surface area contributed by atoms with Gasteiger partial charge in [-0.2, -0.15) is 0 Å². The van der Waals surface area contributed by atoms with Crippen molar-refractivity contribution in [2.75, 3.05) is 19.8 Å². The van der Waals surface area contributed by atoms with Crippen LogP contribution in [0.25, 0.3) is 0 Å². The topological polar surface area (TPSA) is 75.0 Å². The van der Waals surface area contributed by atoms with Crippen molar-refractivity contribution in [3.63, 3.8) is 0 Å². The van der Waals surface area contributed by atoms with Gasteiger partial charge >= 0.3 is 0 Å². The zero-order valence-corrected chi connectivity index (χ0v) is 19.4. The molecule has 176 valence electrons. The molecule has 0 N–H and O–H groups in total. The molecule has 1 saturated heterocycles. The Morgan fingerprint density at radius 2 is 2.09 bits per heavy atom. The van der Waals surface area contributed by atoms with E-state index in [4.69, 9.17) is 18.6 Å². The van der Waals surface area contributed by atoms with E-state index in [-0.39, 0.29) is 35.6 Å². The van der Waals surface area contributed by atoms with Gasteiger partial charge in [0.1, 0.15) is 12.4 Å². The molecule has 1 aromatic rings. The lowest BCUT2D eigenvalue weighted by Gasteiger charge is -2.60. The van der Waals surface area contributed by atoms with Crippen molar-refractivity contribution in [2.24, 2.45) is 16.7 Å². The SMILES string of the molecule is C=CC[C@H](OCC(=O)CC[C@@]1(C)C(=O)CC[C@]2(C)[C@@H]1CCCC21OCCO1)c1ccoc1. The molecule has 3 fully saturated rings.